The summed E-state index contributed by atoms with van der Waals surface area (Å²) in [7, 11) is 0. The molecule has 1 aromatic carbocycles. The van der Waals surface area contributed by atoms with Gasteiger partial charge in [-0.15, -0.1) is 0 Å². The van der Waals surface area contributed by atoms with Crippen LogP contribution < -0.4 is 10.6 Å². The Hall–Kier alpha value is -1.26. The van der Waals surface area contributed by atoms with E-state index in [0.29, 0.717) is 23.0 Å². The standard InChI is InChI=1S/C14H18Cl2N2O2/c1-3-12(19)18-8-13(20)17-7-9(2)14-10(15)5-4-6-11(14)16/h4-6,9H,3,7-8H2,1-2H3,(H,17,20)(H,18,19)/t9-/m1/s1. The van der Waals surface area contributed by atoms with Gasteiger partial charge in [0, 0.05) is 28.9 Å². The minimum Gasteiger partial charge on any atom is -0.354 e. The van der Waals surface area contributed by atoms with Crippen molar-refractivity contribution in [3.63, 3.8) is 0 Å². The summed E-state index contributed by atoms with van der Waals surface area (Å²) in [6.45, 7) is 4.05. The summed E-state index contributed by atoms with van der Waals surface area (Å²) in [5, 5.41) is 6.42. The van der Waals surface area contributed by atoms with E-state index in [1.54, 1.807) is 25.1 Å². The van der Waals surface area contributed by atoms with Crippen molar-refractivity contribution >= 4 is 35.0 Å². The van der Waals surface area contributed by atoms with Gasteiger partial charge in [-0.25, -0.2) is 0 Å². The van der Waals surface area contributed by atoms with E-state index in [4.69, 9.17) is 23.2 Å². The molecule has 1 rings (SSSR count). The van der Waals surface area contributed by atoms with Crippen molar-refractivity contribution in [3.8, 4) is 0 Å². The van der Waals surface area contributed by atoms with Crippen molar-refractivity contribution < 1.29 is 9.59 Å². The van der Waals surface area contributed by atoms with E-state index < -0.39 is 0 Å². The van der Waals surface area contributed by atoms with E-state index in [2.05, 4.69) is 10.6 Å². The fourth-order valence-electron chi connectivity index (χ4n) is 1.72. The highest BCUT2D eigenvalue weighted by atomic mass is 35.5. The lowest BCUT2D eigenvalue weighted by atomic mass is 10.0. The van der Waals surface area contributed by atoms with Crippen LogP contribution in [0.2, 0.25) is 10.0 Å². The number of carbonyl (C=O) groups is 2. The van der Waals surface area contributed by atoms with Gasteiger partial charge >= 0.3 is 0 Å². The maximum atomic E-state index is 11.6. The minimum atomic E-state index is -0.234. The molecule has 0 heterocycles. The SMILES string of the molecule is CCC(=O)NCC(=O)NC[C@@H](C)c1c(Cl)cccc1Cl. The van der Waals surface area contributed by atoms with Crippen LogP contribution in [0.4, 0.5) is 0 Å². The first kappa shape index (κ1) is 16.8. The van der Waals surface area contributed by atoms with Crippen LogP contribution in [0.3, 0.4) is 0 Å². The van der Waals surface area contributed by atoms with Crippen molar-refractivity contribution in [1.29, 1.82) is 0 Å². The van der Waals surface area contributed by atoms with E-state index in [9.17, 15) is 9.59 Å². The topological polar surface area (TPSA) is 58.2 Å². The van der Waals surface area contributed by atoms with Crippen LogP contribution in [-0.2, 0) is 9.59 Å². The van der Waals surface area contributed by atoms with E-state index in [1.807, 2.05) is 6.92 Å². The zero-order valence-electron chi connectivity index (χ0n) is 11.5. The lowest BCUT2D eigenvalue weighted by Gasteiger charge is -2.16. The molecule has 0 aliphatic heterocycles. The average molecular weight is 317 g/mol. The molecule has 0 unspecified atom stereocenters. The molecule has 0 aliphatic rings. The molecule has 0 bridgehead atoms. The summed E-state index contributed by atoms with van der Waals surface area (Å²) in [5.74, 6) is -0.397. The normalized spacial score (nSPS) is 11.8. The van der Waals surface area contributed by atoms with Crippen molar-refractivity contribution in [2.45, 2.75) is 26.2 Å². The van der Waals surface area contributed by atoms with E-state index >= 15 is 0 Å². The molecule has 2 amide bonds. The molecule has 0 spiro atoms. The Morgan fingerprint density at radius 3 is 2.30 bits per heavy atom. The molecule has 1 aromatic rings. The average Bonchev–Trinajstić information content (AvgIpc) is 2.42. The molecule has 4 nitrogen and oxygen atoms in total. The predicted molar refractivity (Wildman–Crippen MR) is 81.2 cm³/mol. The lowest BCUT2D eigenvalue weighted by Crippen LogP contribution is -2.38. The molecule has 6 heteroatoms. The minimum absolute atomic E-state index is 0.0120. The Kier molecular flexibility index (Phi) is 6.82. The first-order valence-electron chi connectivity index (χ1n) is 6.43. The van der Waals surface area contributed by atoms with Gasteiger partial charge in [-0.1, -0.05) is 43.1 Å². The molecule has 0 saturated carbocycles. The fraction of sp³-hybridized carbons (Fsp3) is 0.429. The van der Waals surface area contributed by atoms with Gasteiger partial charge in [0.2, 0.25) is 11.8 Å². The van der Waals surface area contributed by atoms with E-state index in [0.717, 1.165) is 5.56 Å². The number of rotatable bonds is 6. The fourth-order valence-corrected chi connectivity index (χ4v) is 2.49. The summed E-state index contributed by atoms with van der Waals surface area (Å²) in [4.78, 5) is 22.6. The second kappa shape index (κ2) is 8.12. The summed E-state index contributed by atoms with van der Waals surface area (Å²) in [5.41, 5.74) is 0.814. The third-order valence-electron chi connectivity index (χ3n) is 2.87. The number of halogens is 2. The second-order valence-corrected chi connectivity index (χ2v) is 5.29. The molecule has 0 aliphatic carbocycles. The number of amides is 2. The molecular formula is C14H18Cl2N2O2. The van der Waals surface area contributed by atoms with Gasteiger partial charge in [0.1, 0.15) is 0 Å². The Morgan fingerprint density at radius 2 is 1.75 bits per heavy atom. The molecular weight excluding hydrogens is 299 g/mol. The van der Waals surface area contributed by atoms with Gasteiger partial charge in [-0.05, 0) is 17.7 Å². The van der Waals surface area contributed by atoms with Gasteiger partial charge in [0.05, 0.1) is 6.54 Å². The van der Waals surface area contributed by atoms with Crippen molar-refractivity contribution in [2.75, 3.05) is 13.1 Å². The van der Waals surface area contributed by atoms with Gasteiger partial charge < -0.3 is 10.6 Å². The van der Waals surface area contributed by atoms with Crippen LogP contribution >= 0.6 is 23.2 Å². The van der Waals surface area contributed by atoms with Crippen molar-refractivity contribution in [2.24, 2.45) is 0 Å². The van der Waals surface area contributed by atoms with Gasteiger partial charge in [0.15, 0.2) is 0 Å². The van der Waals surface area contributed by atoms with Crippen LogP contribution in [0.25, 0.3) is 0 Å². The Labute approximate surface area is 128 Å². The number of benzene rings is 1. The van der Waals surface area contributed by atoms with Crippen molar-refractivity contribution in [1.82, 2.24) is 10.6 Å². The first-order chi connectivity index (χ1) is 9.45. The Bertz CT molecular complexity index is 472. The van der Waals surface area contributed by atoms with Crippen LogP contribution in [-0.4, -0.2) is 24.9 Å². The maximum absolute atomic E-state index is 11.6. The summed E-state index contributed by atoms with van der Waals surface area (Å²) >= 11 is 12.2. The summed E-state index contributed by atoms with van der Waals surface area (Å²) in [6, 6.07) is 5.31. The number of nitrogens with one attached hydrogen (secondary N) is 2. The Balaban J connectivity index is 2.49. The van der Waals surface area contributed by atoms with Gasteiger partial charge in [-0.3, -0.25) is 9.59 Å². The quantitative estimate of drug-likeness (QED) is 0.847. The number of hydrogen-bond donors (Lipinski definition) is 2. The van der Waals surface area contributed by atoms with Crippen LogP contribution in [0.15, 0.2) is 18.2 Å². The first-order valence-corrected chi connectivity index (χ1v) is 7.18. The zero-order valence-corrected chi connectivity index (χ0v) is 13.0. The summed E-state index contributed by atoms with van der Waals surface area (Å²) in [6.07, 6.45) is 0.360. The van der Waals surface area contributed by atoms with Gasteiger partial charge in [-0.2, -0.15) is 0 Å². The molecule has 1 atom stereocenters. The molecule has 0 aromatic heterocycles. The monoisotopic (exact) mass is 316 g/mol. The molecule has 0 fully saturated rings. The van der Waals surface area contributed by atoms with Crippen molar-refractivity contribution in [3.05, 3.63) is 33.8 Å². The number of carbonyl (C=O) groups excluding carboxylic acids is 2. The lowest BCUT2D eigenvalue weighted by molar-refractivity contribution is -0.125. The largest absolute Gasteiger partial charge is 0.354 e. The smallest absolute Gasteiger partial charge is 0.239 e. The highest BCUT2D eigenvalue weighted by Crippen LogP contribution is 2.30. The third kappa shape index (κ3) is 5.02. The molecule has 2 N–H and O–H groups in total. The highest BCUT2D eigenvalue weighted by Gasteiger charge is 2.14. The number of hydrogen-bond acceptors (Lipinski definition) is 2. The third-order valence-corrected chi connectivity index (χ3v) is 3.52. The van der Waals surface area contributed by atoms with Crippen LogP contribution in [0, 0.1) is 0 Å². The zero-order chi connectivity index (χ0) is 15.1. The second-order valence-electron chi connectivity index (χ2n) is 4.47. The predicted octanol–water partition coefficient (Wildman–Crippen LogP) is 2.74. The van der Waals surface area contributed by atoms with Crippen LogP contribution in [0.1, 0.15) is 31.7 Å². The molecule has 110 valence electrons. The summed E-state index contributed by atoms with van der Waals surface area (Å²) < 4.78 is 0. The van der Waals surface area contributed by atoms with E-state index in [-0.39, 0.29) is 24.3 Å². The molecule has 0 saturated heterocycles. The maximum Gasteiger partial charge on any atom is 0.239 e. The Morgan fingerprint density at radius 1 is 1.15 bits per heavy atom. The van der Waals surface area contributed by atoms with E-state index in [1.165, 1.54) is 0 Å². The molecule has 20 heavy (non-hydrogen) atoms. The van der Waals surface area contributed by atoms with Crippen LogP contribution in [0.5, 0.6) is 0 Å². The highest BCUT2D eigenvalue weighted by molar-refractivity contribution is 6.36. The van der Waals surface area contributed by atoms with Gasteiger partial charge in [0.25, 0.3) is 0 Å². The molecule has 0 radical (unpaired) electrons.